The predicted octanol–water partition coefficient (Wildman–Crippen LogP) is 2.68. The zero-order valence-corrected chi connectivity index (χ0v) is 10.3. The van der Waals surface area contributed by atoms with Crippen LogP contribution in [0.3, 0.4) is 0 Å². The Labute approximate surface area is 101 Å². The van der Waals surface area contributed by atoms with Crippen LogP contribution in [0, 0.1) is 0 Å². The van der Waals surface area contributed by atoms with E-state index in [-0.39, 0.29) is 11.8 Å². The predicted molar refractivity (Wildman–Crippen MR) is 66.4 cm³/mol. The van der Waals surface area contributed by atoms with Gasteiger partial charge in [-0.05, 0) is 30.7 Å². The van der Waals surface area contributed by atoms with Gasteiger partial charge in [-0.1, -0.05) is 6.92 Å². The van der Waals surface area contributed by atoms with Crippen LogP contribution < -0.4 is 9.64 Å². The van der Waals surface area contributed by atoms with Gasteiger partial charge < -0.3 is 9.64 Å². The molecule has 1 aromatic rings. The molecular formula is C12H16ClNO2. The summed E-state index contributed by atoms with van der Waals surface area (Å²) in [5.74, 6) is 0.707. The van der Waals surface area contributed by atoms with Crippen molar-refractivity contribution >= 4 is 23.2 Å². The van der Waals surface area contributed by atoms with Crippen molar-refractivity contribution in [1.82, 2.24) is 0 Å². The lowest BCUT2D eigenvalue weighted by atomic mass is 10.2. The fraction of sp³-hybridized carbons (Fsp3) is 0.417. The van der Waals surface area contributed by atoms with Crippen molar-refractivity contribution in [2.24, 2.45) is 0 Å². The molecule has 0 spiro atoms. The van der Waals surface area contributed by atoms with Crippen LogP contribution in [0.2, 0.25) is 0 Å². The van der Waals surface area contributed by atoms with Gasteiger partial charge in [-0.15, -0.1) is 11.6 Å². The lowest BCUT2D eigenvalue weighted by Crippen LogP contribution is -2.32. The Bertz CT molecular complexity index is 337. The number of hydrogen-bond donors (Lipinski definition) is 0. The minimum Gasteiger partial charge on any atom is -0.497 e. The van der Waals surface area contributed by atoms with E-state index in [2.05, 4.69) is 0 Å². The van der Waals surface area contributed by atoms with E-state index in [4.69, 9.17) is 16.3 Å². The largest absolute Gasteiger partial charge is 0.497 e. The molecule has 0 aromatic heterocycles. The third kappa shape index (κ3) is 3.14. The number of halogens is 1. The highest BCUT2D eigenvalue weighted by Gasteiger charge is 2.13. The van der Waals surface area contributed by atoms with Gasteiger partial charge in [-0.25, -0.2) is 0 Å². The maximum atomic E-state index is 11.6. The number of benzene rings is 1. The summed E-state index contributed by atoms with van der Waals surface area (Å²) in [7, 11) is 1.61. The Balaban J connectivity index is 2.87. The molecule has 88 valence electrons. The Morgan fingerprint density at radius 2 is 2.00 bits per heavy atom. The van der Waals surface area contributed by atoms with Crippen LogP contribution in [0.25, 0.3) is 0 Å². The molecule has 0 saturated carbocycles. The van der Waals surface area contributed by atoms with E-state index < -0.39 is 0 Å². The number of carbonyl (C=O) groups excluding carboxylic acids is 1. The maximum Gasteiger partial charge on any atom is 0.241 e. The normalized spacial score (nSPS) is 9.94. The molecule has 0 atom stereocenters. The number of carbonyl (C=O) groups is 1. The molecule has 3 nitrogen and oxygen atoms in total. The van der Waals surface area contributed by atoms with E-state index in [1.807, 2.05) is 31.2 Å². The summed E-state index contributed by atoms with van der Waals surface area (Å²) in [5, 5.41) is 0. The van der Waals surface area contributed by atoms with Crippen molar-refractivity contribution in [1.29, 1.82) is 0 Å². The Kier molecular flexibility index (Phi) is 5.12. The highest BCUT2D eigenvalue weighted by molar-refractivity contribution is 6.29. The molecule has 1 aromatic carbocycles. The number of anilines is 1. The van der Waals surface area contributed by atoms with E-state index in [0.29, 0.717) is 6.54 Å². The molecule has 0 aliphatic rings. The average molecular weight is 242 g/mol. The number of hydrogen-bond acceptors (Lipinski definition) is 2. The summed E-state index contributed by atoms with van der Waals surface area (Å²) in [5.41, 5.74) is 0.855. The van der Waals surface area contributed by atoms with Crippen LogP contribution >= 0.6 is 11.6 Å². The van der Waals surface area contributed by atoms with Gasteiger partial charge >= 0.3 is 0 Å². The molecular weight excluding hydrogens is 226 g/mol. The van der Waals surface area contributed by atoms with Crippen LogP contribution in [-0.2, 0) is 4.79 Å². The standard InChI is InChI=1S/C12H16ClNO2/c1-3-8-14(12(15)9-13)10-4-6-11(16-2)7-5-10/h4-7H,3,8-9H2,1-2H3. The number of methoxy groups -OCH3 is 1. The molecule has 0 saturated heterocycles. The summed E-state index contributed by atoms with van der Waals surface area (Å²) in [6.07, 6.45) is 0.897. The first-order valence-electron chi connectivity index (χ1n) is 5.23. The fourth-order valence-electron chi connectivity index (χ4n) is 1.46. The monoisotopic (exact) mass is 241 g/mol. The van der Waals surface area contributed by atoms with Gasteiger partial charge in [-0.2, -0.15) is 0 Å². The van der Waals surface area contributed by atoms with Crippen LogP contribution in [0.1, 0.15) is 13.3 Å². The van der Waals surface area contributed by atoms with Gasteiger partial charge in [0.1, 0.15) is 11.6 Å². The SMILES string of the molecule is CCCN(C(=O)CCl)c1ccc(OC)cc1. The highest BCUT2D eigenvalue weighted by Crippen LogP contribution is 2.19. The second kappa shape index (κ2) is 6.38. The van der Waals surface area contributed by atoms with Crippen molar-refractivity contribution in [3.63, 3.8) is 0 Å². The van der Waals surface area contributed by atoms with Crippen LogP contribution in [-0.4, -0.2) is 25.4 Å². The molecule has 16 heavy (non-hydrogen) atoms. The van der Waals surface area contributed by atoms with Gasteiger partial charge in [0.25, 0.3) is 0 Å². The van der Waals surface area contributed by atoms with Gasteiger partial charge in [-0.3, -0.25) is 4.79 Å². The molecule has 4 heteroatoms. The maximum absolute atomic E-state index is 11.6. The van der Waals surface area contributed by atoms with E-state index in [1.54, 1.807) is 12.0 Å². The summed E-state index contributed by atoms with van der Waals surface area (Å²) >= 11 is 5.58. The van der Waals surface area contributed by atoms with Crippen LogP contribution in [0.4, 0.5) is 5.69 Å². The van der Waals surface area contributed by atoms with Gasteiger partial charge in [0, 0.05) is 12.2 Å². The van der Waals surface area contributed by atoms with E-state index in [1.165, 1.54) is 0 Å². The zero-order chi connectivity index (χ0) is 12.0. The quantitative estimate of drug-likeness (QED) is 0.742. The van der Waals surface area contributed by atoms with E-state index >= 15 is 0 Å². The summed E-state index contributed by atoms with van der Waals surface area (Å²) in [6, 6.07) is 7.39. The molecule has 0 aliphatic carbocycles. The van der Waals surface area contributed by atoms with Crippen molar-refractivity contribution in [3.8, 4) is 5.75 Å². The van der Waals surface area contributed by atoms with Crippen LogP contribution in [0.15, 0.2) is 24.3 Å². The number of nitrogens with zero attached hydrogens (tertiary/aromatic N) is 1. The third-order valence-corrected chi connectivity index (χ3v) is 2.48. The third-order valence-electron chi connectivity index (χ3n) is 2.25. The molecule has 0 bridgehead atoms. The molecule has 0 heterocycles. The highest BCUT2D eigenvalue weighted by atomic mass is 35.5. The first kappa shape index (κ1) is 12.8. The fourth-order valence-corrected chi connectivity index (χ4v) is 1.60. The van der Waals surface area contributed by atoms with Gasteiger partial charge in [0.2, 0.25) is 5.91 Å². The number of amides is 1. The van der Waals surface area contributed by atoms with Crippen molar-refractivity contribution in [2.75, 3.05) is 24.4 Å². The molecule has 1 rings (SSSR count). The lowest BCUT2D eigenvalue weighted by Gasteiger charge is -2.21. The van der Waals surface area contributed by atoms with Crippen molar-refractivity contribution in [2.45, 2.75) is 13.3 Å². The number of alkyl halides is 1. The average Bonchev–Trinajstić information content (AvgIpc) is 2.35. The number of rotatable bonds is 5. The summed E-state index contributed by atoms with van der Waals surface area (Å²) < 4.78 is 5.07. The second-order valence-corrected chi connectivity index (χ2v) is 3.64. The lowest BCUT2D eigenvalue weighted by molar-refractivity contribution is -0.116. The second-order valence-electron chi connectivity index (χ2n) is 3.38. The molecule has 0 radical (unpaired) electrons. The Hall–Kier alpha value is -1.22. The Morgan fingerprint density at radius 1 is 1.38 bits per heavy atom. The number of ether oxygens (including phenoxy) is 1. The molecule has 0 fully saturated rings. The van der Waals surface area contributed by atoms with Crippen molar-refractivity contribution in [3.05, 3.63) is 24.3 Å². The topological polar surface area (TPSA) is 29.5 Å². The molecule has 0 N–H and O–H groups in total. The van der Waals surface area contributed by atoms with E-state index in [9.17, 15) is 4.79 Å². The van der Waals surface area contributed by atoms with Crippen molar-refractivity contribution < 1.29 is 9.53 Å². The van der Waals surface area contributed by atoms with E-state index in [0.717, 1.165) is 17.9 Å². The van der Waals surface area contributed by atoms with Gasteiger partial charge in [0.05, 0.1) is 7.11 Å². The first-order valence-corrected chi connectivity index (χ1v) is 5.76. The minimum atomic E-state index is -0.0753. The molecule has 0 unspecified atom stereocenters. The smallest absolute Gasteiger partial charge is 0.241 e. The summed E-state index contributed by atoms with van der Waals surface area (Å²) in [6.45, 7) is 2.70. The zero-order valence-electron chi connectivity index (χ0n) is 9.57. The van der Waals surface area contributed by atoms with Gasteiger partial charge in [0.15, 0.2) is 0 Å². The minimum absolute atomic E-state index is 0.00598. The molecule has 0 aliphatic heterocycles. The Morgan fingerprint density at radius 3 is 2.44 bits per heavy atom. The first-order chi connectivity index (χ1) is 7.72. The summed E-state index contributed by atoms with van der Waals surface area (Å²) in [4.78, 5) is 13.3. The molecule has 1 amide bonds. The van der Waals surface area contributed by atoms with Crippen LogP contribution in [0.5, 0.6) is 5.75 Å².